The maximum atomic E-state index is 6.08. The first-order valence-corrected chi connectivity index (χ1v) is 15.0. The summed E-state index contributed by atoms with van der Waals surface area (Å²) in [5.74, 6) is 5.03. The van der Waals surface area contributed by atoms with Crippen molar-refractivity contribution in [3.63, 3.8) is 0 Å². The number of hydrogen-bond acceptors (Lipinski definition) is 1. The first-order chi connectivity index (χ1) is 16.3. The third-order valence-electron chi connectivity index (χ3n) is 9.02. The van der Waals surface area contributed by atoms with Gasteiger partial charge in [0.1, 0.15) is 5.75 Å². The lowest BCUT2D eigenvalue weighted by molar-refractivity contribution is 0.228. The van der Waals surface area contributed by atoms with Crippen LogP contribution in [0.15, 0.2) is 24.3 Å². The van der Waals surface area contributed by atoms with E-state index in [0.29, 0.717) is 0 Å². The highest BCUT2D eigenvalue weighted by Crippen LogP contribution is 2.35. The molecule has 1 heteroatoms. The zero-order valence-corrected chi connectivity index (χ0v) is 22.2. The van der Waals surface area contributed by atoms with E-state index < -0.39 is 0 Å². The molecule has 33 heavy (non-hydrogen) atoms. The molecular formula is C32H54O. The first kappa shape index (κ1) is 26.6. The molecule has 2 aliphatic carbocycles. The maximum Gasteiger partial charge on any atom is 0.119 e. The van der Waals surface area contributed by atoms with Crippen LogP contribution in [0.3, 0.4) is 0 Å². The summed E-state index contributed by atoms with van der Waals surface area (Å²) in [6.07, 6.45) is 27.0. The Morgan fingerprint density at radius 1 is 0.606 bits per heavy atom. The molecule has 0 aromatic heterocycles. The molecule has 0 spiro atoms. The van der Waals surface area contributed by atoms with Gasteiger partial charge in [0, 0.05) is 0 Å². The third-order valence-corrected chi connectivity index (χ3v) is 9.02. The van der Waals surface area contributed by atoms with Gasteiger partial charge in [-0.05, 0) is 67.1 Å². The number of rotatable bonds is 15. The average Bonchev–Trinajstić information content (AvgIpc) is 2.87. The standard InChI is InChI=1S/C32H54O/c1-3-5-6-7-8-10-28-16-18-29(19-17-28)11-9-26-33-32-24-22-31(23-25-32)21-20-30-14-12-27(4-2)13-15-30/h22-25,27-30H,3-21,26H2,1-2H3. The van der Waals surface area contributed by atoms with Crippen LogP contribution >= 0.6 is 0 Å². The smallest absolute Gasteiger partial charge is 0.119 e. The van der Waals surface area contributed by atoms with Gasteiger partial charge < -0.3 is 4.74 Å². The molecule has 0 unspecified atom stereocenters. The van der Waals surface area contributed by atoms with Gasteiger partial charge >= 0.3 is 0 Å². The Morgan fingerprint density at radius 2 is 1.15 bits per heavy atom. The van der Waals surface area contributed by atoms with Crippen molar-refractivity contribution < 1.29 is 4.74 Å². The zero-order chi connectivity index (χ0) is 23.1. The van der Waals surface area contributed by atoms with Gasteiger partial charge in [0.05, 0.1) is 6.61 Å². The highest BCUT2D eigenvalue weighted by atomic mass is 16.5. The van der Waals surface area contributed by atoms with E-state index in [2.05, 4.69) is 38.1 Å². The van der Waals surface area contributed by atoms with Gasteiger partial charge in [0.25, 0.3) is 0 Å². The number of hydrogen-bond donors (Lipinski definition) is 0. The van der Waals surface area contributed by atoms with E-state index in [9.17, 15) is 0 Å². The second kappa shape index (κ2) is 15.8. The summed E-state index contributed by atoms with van der Waals surface area (Å²) in [5, 5.41) is 0. The molecule has 0 heterocycles. The largest absolute Gasteiger partial charge is 0.494 e. The van der Waals surface area contributed by atoms with Gasteiger partial charge in [0.15, 0.2) is 0 Å². The Bertz CT molecular complexity index is 589. The van der Waals surface area contributed by atoms with Crippen LogP contribution in [-0.4, -0.2) is 6.61 Å². The highest BCUT2D eigenvalue weighted by Gasteiger charge is 2.21. The van der Waals surface area contributed by atoms with E-state index in [1.54, 1.807) is 0 Å². The summed E-state index contributed by atoms with van der Waals surface area (Å²) in [6, 6.07) is 9.01. The minimum Gasteiger partial charge on any atom is -0.494 e. The molecule has 188 valence electrons. The van der Waals surface area contributed by atoms with Crippen molar-refractivity contribution in [1.82, 2.24) is 0 Å². The van der Waals surface area contributed by atoms with Gasteiger partial charge in [-0.2, -0.15) is 0 Å². The molecule has 0 aliphatic heterocycles. The summed E-state index contributed by atoms with van der Waals surface area (Å²) < 4.78 is 6.08. The quantitative estimate of drug-likeness (QED) is 0.239. The molecule has 0 bridgehead atoms. The van der Waals surface area contributed by atoms with Crippen LogP contribution in [0.1, 0.15) is 135 Å². The molecule has 1 aromatic rings. The molecule has 0 radical (unpaired) electrons. The highest BCUT2D eigenvalue weighted by molar-refractivity contribution is 5.27. The molecule has 2 fully saturated rings. The van der Waals surface area contributed by atoms with Gasteiger partial charge in [-0.15, -0.1) is 0 Å². The average molecular weight is 455 g/mol. The van der Waals surface area contributed by atoms with Crippen molar-refractivity contribution in [3.05, 3.63) is 29.8 Å². The SMILES string of the molecule is CCCCCCCC1CCC(CCCOc2ccc(CCC3CCC(CC)CC3)cc2)CC1. The van der Waals surface area contributed by atoms with E-state index in [-0.39, 0.29) is 0 Å². The summed E-state index contributed by atoms with van der Waals surface area (Å²) in [6.45, 7) is 5.55. The summed E-state index contributed by atoms with van der Waals surface area (Å²) in [5.41, 5.74) is 1.49. The minimum atomic E-state index is 0.886. The van der Waals surface area contributed by atoms with Crippen LogP contribution in [0.25, 0.3) is 0 Å². The Balaban J connectivity index is 1.20. The number of ether oxygens (including phenoxy) is 1. The number of aryl methyl sites for hydroxylation is 1. The predicted octanol–water partition coefficient (Wildman–Crippen LogP) is 10.2. The monoisotopic (exact) mass is 454 g/mol. The van der Waals surface area contributed by atoms with Crippen LogP contribution in [-0.2, 0) is 6.42 Å². The summed E-state index contributed by atoms with van der Waals surface area (Å²) in [4.78, 5) is 0. The summed E-state index contributed by atoms with van der Waals surface area (Å²) >= 11 is 0. The van der Waals surface area contributed by atoms with Crippen LogP contribution in [0.4, 0.5) is 0 Å². The van der Waals surface area contributed by atoms with Gasteiger partial charge in [-0.25, -0.2) is 0 Å². The fraction of sp³-hybridized carbons (Fsp3) is 0.812. The van der Waals surface area contributed by atoms with Crippen LogP contribution in [0.2, 0.25) is 0 Å². The van der Waals surface area contributed by atoms with E-state index in [1.165, 1.54) is 128 Å². The summed E-state index contributed by atoms with van der Waals surface area (Å²) in [7, 11) is 0. The molecule has 0 N–H and O–H groups in total. The second-order valence-corrected chi connectivity index (χ2v) is 11.6. The van der Waals surface area contributed by atoms with Crippen LogP contribution in [0, 0.1) is 23.7 Å². The van der Waals surface area contributed by atoms with Crippen molar-refractivity contribution >= 4 is 0 Å². The normalized spacial score (nSPS) is 25.8. The zero-order valence-electron chi connectivity index (χ0n) is 22.2. The van der Waals surface area contributed by atoms with Gasteiger partial charge in [-0.1, -0.05) is 122 Å². The van der Waals surface area contributed by atoms with Crippen molar-refractivity contribution in [1.29, 1.82) is 0 Å². The molecule has 2 saturated carbocycles. The second-order valence-electron chi connectivity index (χ2n) is 11.6. The fourth-order valence-electron chi connectivity index (χ4n) is 6.46. The van der Waals surface area contributed by atoms with Crippen LogP contribution in [0.5, 0.6) is 5.75 Å². The number of benzene rings is 1. The Kier molecular flexibility index (Phi) is 12.8. The molecule has 1 aromatic carbocycles. The topological polar surface area (TPSA) is 9.23 Å². The third kappa shape index (κ3) is 10.4. The minimum absolute atomic E-state index is 0.886. The molecule has 2 aliphatic rings. The van der Waals surface area contributed by atoms with Crippen molar-refractivity contribution in [2.24, 2.45) is 23.7 Å². The van der Waals surface area contributed by atoms with Crippen molar-refractivity contribution in [2.75, 3.05) is 6.61 Å². The molecule has 3 rings (SSSR count). The Hall–Kier alpha value is -0.980. The molecule has 0 atom stereocenters. The van der Waals surface area contributed by atoms with Gasteiger partial charge in [0.2, 0.25) is 0 Å². The number of unbranched alkanes of at least 4 members (excludes halogenated alkanes) is 4. The predicted molar refractivity (Wildman–Crippen MR) is 144 cm³/mol. The first-order valence-electron chi connectivity index (χ1n) is 15.0. The van der Waals surface area contributed by atoms with E-state index in [0.717, 1.165) is 36.0 Å². The Labute approximate surface area is 206 Å². The molecule has 0 saturated heterocycles. The van der Waals surface area contributed by atoms with Crippen molar-refractivity contribution in [3.8, 4) is 5.75 Å². The van der Waals surface area contributed by atoms with E-state index in [4.69, 9.17) is 4.74 Å². The maximum absolute atomic E-state index is 6.08. The molecular weight excluding hydrogens is 400 g/mol. The van der Waals surface area contributed by atoms with E-state index in [1.807, 2.05) is 0 Å². The van der Waals surface area contributed by atoms with Crippen molar-refractivity contribution in [2.45, 2.75) is 136 Å². The molecule has 0 amide bonds. The lowest BCUT2D eigenvalue weighted by Crippen LogP contribution is -2.15. The Morgan fingerprint density at radius 3 is 1.76 bits per heavy atom. The molecule has 1 nitrogen and oxygen atoms in total. The van der Waals surface area contributed by atoms with Crippen LogP contribution < -0.4 is 4.74 Å². The lowest BCUT2D eigenvalue weighted by atomic mass is 9.78. The van der Waals surface area contributed by atoms with E-state index >= 15 is 0 Å². The lowest BCUT2D eigenvalue weighted by Gasteiger charge is -2.28. The van der Waals surface area contributed by atoms with Gasteiger partial charge in [-0.3, -0.25) is 0 Å². The fourth-order valence-corrected chi connectivity index (χ4v) is 6.46.